The topological polar surface area (TPSA) is 96.0 Å². The molecule has 0 unspecified atom stereocenters. The number of hydrogen-bond acceptors (Lipinski definition) is 5. The zero-order valence-electron chi connectivity index (χ0n) is 25.0. The van der Waals surface area contributed by atoms with Crippen molar-refractivity contribution in [3.63, 3.8) is 0 Å². The van der Waals surface area contributed by atoms with Crippen LogP contribution in [-0.2, 0) is 26.2 Å². The second-order valence-electron chi connectivity index (χ2n) is 10.6. The van der Waals surface area contributed by atoms with E-state index in [0.29, 0.717) is 23.4 Å². The highest BCUT2D eigenvalue weighted by Crippen LogP contribution is 2.29. The monoisotopic (exact) mass is 579 g/mol. The number of nitrogens with zero attached hydrogens (tertiary/aromatic N) is 2. The number of methoxy groups -OCH3 is 1. The quantitative estimate of drug-likeness (QED) is 0.320. The maximum absolute atomic E-state index is 14.2. The van der Waals surface area contributed by atoms with Crippen LogP contribution in [0.5, 0.6) is 5.75 Å². The van der Waals surface area contributed by atoms with Crippen molar-refractivity contribution >= 4 is 27.5 Å². The van der Waals surface area contributed by atoms with Crippen molar-refractivity contribution in [2.75, 3.05) is 18.0 Å². The summed E-state index contributed by atoms with van der Waals surface area (Å²) in [6, 6.07) is 18.4. The molecule has 0 spiro atoms. The van der Waals surface area contributed by atoms with Crippen molar-refractivity contribution in [3.8, 4) is 5.75 Å². The van der Waals surface area contributed by atoms with E-state index in [0.717, 1.165) is 21.0 Å². The highest BCUT2D eigenvalue weighted by molar-refractivity contribution is 7.92. The van der Waals surface area contributed by atoms with Crippen molar-refractivity contribution in [3.05, 3.63) is 89.0 Å². The number of hydrogen-bond donors (Lipinski definition) is 1. The van der Waals surface area contributed by atoms with Crippen molar-refractivity contribution in [1.82, 2.24) is 10.2 Å². The molecule has 1 N–H and O–H groups in total. The van der Waals surface area contributed by atoms with Crippen LogP contribution >= 0.6 is 0 Å². The van der Waals surface area contributed by atoms with E-state index in [4.69, 9.17) is 4.74 Å². The first-order valence-corrected chi connectivity index (χ1v) is 15.2. The fraction of sp³-hybridized carbons (Fsp3) is 0.375. The Bertz CT molecular complexity index is 1450. The number of aryl methyl sites for hydroxylation is 3. The summed E-state index contributed by atoms with van der Waals surface area (Å²) < 4.78 is 34.6. The van der Waals surface area contributed by atoms with Gasteiger partial charge in [0.25, 0.3) is 10.0 Å². The van der Waals surface area contributed by atoms with Gasteiger partial charge in [0.15, 0.2) is 0 Å². The molecule has 3 aromatic rings. The first-order chi connectivity index (χ1) is 19.4. The molecular formula is C32H41N3O5S. The zero-order chi connectivity index (χ0) is 30.3. The lowest BCUT2D eigenvalue weighted by Crippen LogP contribution is -2.53. The minimum absolute atomic E-state index is 0.0862. The molecule has 1 atom stereocenters. The van der Waals surface area contributed by atoms with E-state index >= 15 is 0 Å². The smallest absolute Gasteiger partial charge is 0.264 e. The maximum Gasteiger partial charge on any atom is 0.264 e. The molecule has 41 heavy (non-hydrogen) atoms. The van der Waals surface area contributed by atoms with Gasteiger partial charge in [-0.15, -0.1) is 0 Å². The van der Waals surface area contributed by atoms with Crippen molar-refractivity contribution < 1.29 is 22.7 Å². The zero-order valence-corrected chi connectivity index (χ0v) is 25.8. The molecule has 0 radical (unpaired) electrons. The number of anilines is 1. The van der Waals surface area contributed by atoms with Gasteiger partial charge in [0, 0.05) is 12.6 Å². The van der Waals surface area contributed by atoms with E-state index in [2.05, 4.69) is 5.32 Å². The molecule has 0 aliphatic carbocycles. The van der Waals surface area contributed by atoms with Crippen LogP contribution in [0.3, 0.4) is 0 Å². The Morgan fingerprint density at radius 1 is 0.902 bits per heavy atom. The summed E-state index contributed by atoms with van der Waals surface area (Å²) >= 11 is 0. The van der Waals surface area contributed by atoms with E-state index in [9.17, 15) is 18.0 Å². The summed E-state index contributed by atoms with van der Waals surface area (Å²) in [5.41, 5.74) is 3.70. The first kappa shape index (κ1) is 31.7. The van der Waals surface area contributed by atoms with Crippen LogP contribution in [-0.4, -0.2) is 50.9 Å². The molecule has 9 heteroatoms. The molecule has 0 aromatic heterocycles. The highest BCUT2D eigenvalue weighted by atomic mass is 32.2. The fourth-order valence-corrected chi connectivity index (χ4v) is 6.04. The summed E-state index contributed by atoms with van der Waals surface area (Å²) in [5.74, 6) is -0.103. The lowest BCUT2D eigenvalue weighted by Gasteiger charge is -2.34. The van der Waals surface area contributed by atoms with E-state index in [1.807, 2.05) is 65.8 Å². The number of carbonyl (C=O) groups is 2. The second-order valence-corrected chi connectivity index (χ2v) is 12.4. The molecule has 0 bridgehead atoms. The average molecular weight is 580 g/mol. The summed E-state index contributed by atoms with van der Waals surface area (Å²) in [5, 5.41) is 2.91. The number of benzene rings is 3. The van der Waals surface area contributed by atoms with Crippen molar-refractivity contribution in [2.45, 2.75) is 71.5 Å². The van der Waals surface area contributed by atoms with Crippen LogP contribution < -0.4 is 14.4 Å². The Labute approximate surface area is 244 Å². The molecule has 2 amide bonds. The molecule has 8 nitrogen and oxygen atoms in total. The Morgan fingerprint density at radius 2 is 1.51 bits per heavy atom. The van der Waals surface area contributed by atoms with Gasteiger partial charge in [-0.05, 0) is 88.1 Å². The van der Waals surface area contributed by atoms with Crippen LogP contribution in [0.4, 0.5) is 5.69 Å². The largest absolute Gasteiger partial charge is 0.497 e. The van der Waals surface area contributed by atoms with Crippen LogP contribution in [0.1, 0.15) is 49.4 Å². The van der Waals surface area contributed by atoms with Crippen LogP contribution in [0.2, 0.25) is 0 Å². The average Bonchev–Trinajstić information content (AvgIpc) is 2.93. The van der Waals surface area contributed by atoms with E-state index in [1.165, 1.54) is 4.90 Å². The molecule has 220 valence electrons. The van der Waals surface area contributed by atoms with Gasteiger partial charge in [0.05, 0.1) is 17.7 Å². The lowest BCUT2D eigenvalue weighted by atomic mass is 10.1. The molecular weight excluding hydrogens is 538 g/mol. The van der Waals surface area contributed by atoms with E-state index in [-0.39, 0.29) is 23.4 Å². The summed E-state index contributed by atoms with van der Waals surface area (Å²) in [6.45, 7) is 10.8. The number of amides is 2. The van der Waals surface area contributed by atoms with Crippen LogP contribution in [0.25, 0.3) is 0 Å². The standard InChI is InChI=1S/C32H41N3O5S/c1-8-29(32(37)33-22(2)3)34(20-26-13-15-27(40-7)16-14-26)31(36)21-35(30-19-24(5)9-12-25(30)6)41(38,39)28-17-10-23(4)11-18-28/h9-19,22,29H,8,20-21H2,1-7H3,(H,33,37)/t29-/m1/s1. The van der Waals surface area contributed by atoms with Gasteiger partial charge in [0.1, 0.15) is 18.3 Å². The third-order valence-corrected chi connectivity index (χ3v) is 8.62. The summed E-state index contributed by atoms with van der Waals surface area (Å²) in [6.07, 6.45) is 0.356. The summed E-state index contributed by atoms with van der Waals surface area (Å²) in [4.78, 5) is 29.0. The van der Waals surface area contributed by atoms with Gasteiger partial charge in [0.2, 0.25) is 11.8 Å². The third-order valence-electron chi connectivity index (χ3n) is 6.85. The Hall–Kier alpha value is -3.85. The number of nitrogens with one attached hydrogen (secondary N) is 1. The van der Waals surface area contributed by atoms with Gasteiger partial charge in [-0.1, -0.05) is 48.9 Å². The van der Waals surface area contributed by atoms with Gasteiger partial charge in [-0.25, -0.2) is 8.42 Å². The Morgan fingerprint density at radius 3 is 2.07 bits per heavy atom. The Kier molecular flexibility index (Phi) is 10.6. The number of carbonyl (C=O) groups excluding carboxylic acids is 2. The predicted octanol–water partition coefficient (Wildman–Crippen LogP) is 5.15. The molecule has 0 aliphatic heterocycles. The number of rotatable bonds is 12. The van der Waals surface area contributed by atoms with Crippen LogP contribution in [0, 0.1) is 20.8 Å². The molecule has 0 heterocycles. The normalized spacial score (nSPS) is 12.1. The molecule has 0 saturated heterocycles. The SMILES string of the molecule is CC[C@H](C(=O)NC(C)C)N(Cc1ccc(OC)cc1)C(=O)CN(c1cc(C)ccc1C)S(=O)(=O)c1ccc(C)cc1. The predicted molar refractivity (Wildman–Crippen MR) is 163 cm³/mol. The minimum Gasteiger partial charge on any atom is -0.497 e. The molecule has 3 aromatic carbocycles. The van der Waals surface area contributed by atoms with E-state index in [1.54, 1.807) is 49.6 Å². The second kappa shape index (κ2) is 13.7. The fourth-order valence-electron chi connectivity index (χ4n) is 4.57. The third kappa shape index (κ3) is 7.88. The Balaban J connectivity index is 2.10. The minimum atomic E-state index is -4.12. The van der Waals surface area contributed by atoms with Gasteiger partial charge in [-0.2, -0.15) is 0 Å². The molecule has 0 aliphatic rings. The van der Waals surface area contributed by atoms with Crippen molar-refractivity contribution in [2.24, 2.45) is 0 Å². The van der Waals surface area contributed by atoms with Crippen molar-refractivity contribution in [1.29, 1.82) is 0 Å². The first-order valence-electron chi connectivity index (χ1n) is 13.8. The number of ether oxygens (including phenoxy) is 1. The van der Waals surface area contributed by atoms with Gasteiger partial charge in [-0.3, -0.25) is 13.9 Å². The summed E-state index contributed by atoms with van der Waals surface area (Å²) in [7, 11) is -2.55. The maximum atomic E-state index is 14.2. The van der Waals surface area contributed by atoms with Gasteiger partial charge >= 0.3 is 0 Å². The molecule has 3 rings (SSSR count). The molecule has 0 fully saturated rings. The van der Waals surface area contributed by atoms with Crippen LogP contribution in [0.15, 0.2) is 71.6 Å². The van der Waals surface area contributed by atoms with Gasteiger partial charge < -0.3 is 15.0 Å². The lowest BCUT2D eigenvalue weighted by molar-refractivity contribution is -0.140. The molecule has 0 saturated carbocycles. The highest BCUT2D eigenvalue weighted by Gasteiger charge is 2.34. The van der Waals surface area contributed by atoms with E-state index < -0.39 is 28.5 Å². The number of sulfonamides is 1.